The Bertz CT molecular complexity index is 433. The summed E-state index contributed by atoms with van der Waals surface area (Å²) in [5.74, 6) is 0.784. The number of aromatic nitrogens is 2. The minimum atomic E-state index is -0.719. The van der Waals surface area contributed by atoms with Crippen molar-refractivity contribution in [2.75, 3.05) is 0 Å². The summed E-state index contributed by atoms with van der Waals surface area (Å²) in [6.45, 7) is 5.41. The van der Waals surface area contributed by atoms with Crippen LogP contribution in [-0.2, 0) is 4.79 Å². The molecule has 78 valence electrons. The summed E-state index contributed by atoms with van der Waals surface area (Å²) >= 11 is 0. The predicted molar refractivity (Wildman–Crippen MR) is 55.5 cm³/mol. The Labute approximate surface area is 87.7 Å². The van der Waals surface area contributed by atoms with Crippen LogP contribution in [0.5, 0.6) is 0 Å². The third kappa shape index (κ3) is 1.72. The van der Waals surface area contributed by atoms with Crippen LogP contribution < -0.4 is 5.32 Å². The van der Waals surface area contributed by atoms with E-state index in [0.29, 0.717) is 11.7 Å². The number of carbonyl (C=O) groups is 1. The van der Waals surface area contributed by atoms with Gasteiger partial charge in [0.05, 0.1) is 0 Å². The summed E-state index contributed by atoms with van der Waals surface area (Å²) in [7, 11) is 0. The molecule has 2 heterocycles. The van der Waals surface area contributed by atoms with Gasteiger partial charge in [-0.15, -0.1) is 0 Å². The van der Waals surface area contributed by atoms with E-state index in [9.17, 15) is 4.79 Å². The van der Waals surface area contributed by atoms with Crippen LogP contribution in [-0.4, -0.2) is 27.2 Å². The molecule has 0 atom stereocenters. The summed E-state index contributed by atoms with van der Waals surface area (Å²) in [6, 6.07) is 0. The maximum absolute atomic E-state index is 11.5. The van der Waals surface area contributed by atoms with Crippen LogP contribution in [0, 0.1) is 6.92 Å². The van der Waals surface area contributed by atoms with E-state index in [1.807, 2.05) is 6.92 Å². The number of nitrogens with zero attached hydrogens (tertiary/aromatic N) is 3. The van der Waals surface area contributed by atoms with Crippen LogP contribution in [0.3, 0.4) is 0 Å². The highest BCUT2D eigenvalue weighted by Gasteiger charge is 2.35. The average Bonchev–Trinajstić information content (AvgIpc) is 2.42. The summed E-state index contributed by atoms with van der Waals surface area (Å²) < 4.78 is 0. The van der Waals surface area contributed by atoms with Gasteiger partial charge in [-0.1, -0.05) is 0 Å². The largest absolute Gasteiger partial charge is 0.306 e. The van der Waals surface area contributed by atoms with Gasteiger partial charge in [-0.3, -0.25) is 4.79 Å². The monoisotopic (exact) mass is 204 g/mol. The Morgan fingerprint density at radius 3 is 2.33 bits per heavy atom. The highest BCUT2D eigenvalue weighted by molar-refractivity contribution is 6.13. The van der Waals surface area contributed by atoms with E-state index in [1.54, 1.807) is 26.2 Å². The zero-order valence-electron chi connectivity index (χ0n) is 8.90. The molecule has 1 aromatic heterocycles. The third-order valence-electron chi connectivity index (χ3n) is 2.17. The molecule has 0 bridgehead atoms. The van der Waals surface area contributed by atoms with E-state index >= 15 is 0 Å². The number of amidine groups is 1. The molecule has 1 aliphatic rings. The molecular weight excluding hydrogens is 192 g/mol. The first-order chi connectivity index (χ1) is 6.99. The van der Waals surface area contributed by atoms with Gasteiger partial charge in [0, 0.05) is 12.4 Å². The predicted octanol–water partition coefficient (Wildman–Crippen LogP) is 0.440. The summed E-state index contributed by atoms with van der Waals surface area (Å²) in [5, 5.41) is 2.67. The van der Waals surface area contributed by atoms with Crippen molar-refractivity contribution in [3.63, 3.8) is 0 Å². The van der Waals surface area contributed by atoms with Crippen LogP contribution in [0.25, 0.3) is 0 Å². The lowest BCUT2D eigenvalue weighted by atomic mass is 10.1. The van der Waals surface area contributed by atoms with Gasteiger partial charge < -0.3 is 5.32 Å². The number of nitrogens with one attached hydrogen (secondary N) is 1. The van der Waals surface area contributed by atoms with E-state index in [0.717, 1.165) is 5.56 Å². The first-order valence-electron chi connectivity index (χ1n) is 4.69. The van der Waals surface area contributed by atoms with Crippen molar-refractivity contribution < 1.29 is 4.79 Å². The minimum Gasteiger partial charge on any atom is -0.306 e. The molecule has 1 aromatic rings. The number of amides is 1. The lowest BCUT2D eigenvalue weighted by Gasteiger charge is -2.07. The second kappa shape index (κ2) is 3.12. The smallest absolute Gasteiger partial charge is 0.253 e. The molecule has 0 spiro atoms. The topological polar surface area (TPSA) is 67.2 Å². The normalized spacial score (nSPS) is 18.6. The number of hydrogen-bond donors (Lipinski definition) is 1. The van der Waals surface area contributed by atoms with Crippen LogP contribution in [0.4, 0.5) is 0 Å². The molecule has 1 amide bonds. The van der Waals surface area contributed by atoms with Gasteiger partial charge in [-0.05, 0) is 26.3 Å². The molecule has 0 radical (unpaired) electrons. The van der Waals surface area contributed by atoms with E-state index < -0.39 is 5.54 Å². The average molecular weight is 204 g/mol. The van der Waals surface area contributed by atoms with E-state index in [-0.39, 0.29) is 5.91 Å². The van der Waals surface area contributed by atoms with Crippen molar-refractivity contribution in [2.24, 2.45) is 4.99 Å². The lowest BCUT2D eigenvalue weighted by molar-refractivity contribution is -0.122. The number of hydrogen-bond acceptors (Lipinski definition) is 4. The van der Waals surface area contributed by atoms with Crippen LogP contribution in [0.15, 0.2) is 17.4 Å². The summed E-state index contributed by atoms with van der Waals surface area (Å²) in [6.07, 6.45) is 3.39. The van der Waals surface area contributed by atoms with Crippen LogP contribution >= 0.6 is 0 Å². The quantitative estimate of drug-likeness (QED) is 0.721. The van der Waals surface area contributed by atoms with E-state index in [2.05, 4.69) is 20.3 Å². The Kier molecular flexibility index (Phi) is 2.03. The summed E-state index contributed by atoms with van der Waals surface area (Å²) in [4.78, 5) is 23.9. The first kappa shape index (κ1) is 9.76. The zero-order valence-corrected chi connectivity index (χ0v) is 8.90. The minimum absolute atomic E-state index is 0.123. The fourth-order valence-corrected chi connectivity index (χ4v) is 1.24. The van der Waals surface area contributed by atoms with Gasteiger partial charge in [-0.25, -0.2) is 15.0 Å². The highest BCUT2D eigenvalue weighted by atomic mass is 16.2. The number of aliphatic imine (C=N–C) groups is 1. The van der Waals surface area contributed by atoms with Crippen molar-refractivity contribution in [3.8, 4) is 0 Å². The molecule has 1 aliphatic heterocycles. The SMILES string of the molecule is Cc1cnc(C2=NC(C)(C)C(=O)N2)nc1. The van der Waals surface area contributed by atoms with E-state index in [1.165, 1.54) is 0 Å². The van der Waals surface area contributed by atoms with Gasteiger partial charge in [0.25, 0.3) is 5.91 Å². The Balaban J connectivity index is 2.35. The van der Waals surface area contributed by atoms with Crippen molar-refractivity contribution >= 4 is 11.7 Å². The molecule has 0 aliphatic carbocycles. The van der Waals surface area contributed by atoms with Gasteiger partial charge in [0.1, 0.15) is 5.54 Å². The Morgan fingerprint density at radius 2 is 1.87 bits per heavy atom. The lowest BCUT2D eigenvalue weighted by Crippen LogP contribution is -2.35. The molecule has 0 fully saturated rings. The fourth-order valence-electron chi connectivity index (χ4n) is 1.24. The van der Waals surface area contributed by atoms with Crippen molar-refractivity contribution in [1.82, 2.24) is 15.3 Å². The first-order valence-corrected chi connectivity index (χ1v) is 4.69. The molecule has 2 rings (SSSR count). The molecule has 0 aromatic carbocycles. The third-order valence-corrected chi connectivity index (χ3v) is 2.17. The van der Waals surface area contributed by atoms with Gasteiger partial charge in [0.2, 0.25) is 0 Å². The molecular formula is C10H12N4O. The van der Waals surface area contributed by atoms with Crippen molar-refractivity contribution in [3.05, 3.63) is 23.8 Å². The Morgan fingerprint density at radius 1 is 1.27 bits per heavy atom. The van der Waals surface area contributed by atoms with Crippen molar-refractivity contribution in [2.45, 2.75) is 26.3 Å². The number of aryl methyl sites for hydroxylation is 1. The maximum atomic E-state index is 11.5. The highest BCUT2D eigenvalue weighted by Crippen LogP contribution is 2.15. The standard InChI is InChI=1S/C10H12N4O/c1-6-4-11-7(12-5-6)8-13-9(15)10(2,3)14-8/h4-5H,1-3H3,(H,13,14,15). The Hall–Kier alpha value is -1.78. The summed E-state index contributed by atoms with van der Waals surface area (Å²) in [5.41, 5.74) is 0.256. The molecule has 15 heavy (non-hydrogen) atoms. The zero-order chi connectivity index (χ0) is 11.1. The number of rotatable bonds is 1. The second-order valence-corrected chi connectivity index (χ2v) is 4.06. The van der Waals surface area contributed by atoms with Crippen molar-refractivity contribution in [1.29, 1.82) is 0 Å². The number of carbonyl (C=O) groups excluding carboxylic acids is 1. The van der Waals surface area contributed by atoms with Crippen LogP contribution in [0.1, 0.15) is 25.2 Å². The molecule has 1 N–H and O–H groups in total. The van der Waals surface area contributed by atoms with Gasteiger partial charge >= 0.3 is 0 Å². The molecule has 0 saturated carbocycles. The molecule has 5 heteroatoms. The molecule has 0 unspecified atom stereocenters. The van der Waals surface area contributed by atoms with Crippen LogP contribution in [0.2, 0.25) is 0 Å². The fraction of sp³-hybridized carbons (Fsp3) is 0.400. The van der Waals surface area contributed by atoms with E-state index in [4.69, 9.17) is 0 Å². The molecule has 5 nitrogen and oxygen atoms in total. The second-order valence-electron chi connectivity index (χ2n) is 4.06. The van der Waals surface area contributed by atoms with Gasteiger partial charge in [-0.2, -0.15) is 0 Å². The maximum Gasteiger partial charge on any atom is 0.253 e. The molecule has 0 saturated heterocycles. The van der Waals surface area contributed by atoms with Gasteiger partial charge in [0.15, 0.2) is 11.7 Å².